The van der Waals surface area contributed by atoms with Crippen molar-refractivity contribution in [3.05, 3.63) is 18.0 Å². The maximum atomic E-state index is 13.4. The first kappa shape index (κ1) is 10.6. The number of halogens is 1. The highest BCUT2D eigenvalue weighted by Gasteiger charge is 2.31. The molecule has 0 aliphatic carbocycles. The third-order valence-electron chi connectivity index (χ3n) is 2.74. The number of nitrogens with zero attached hydrogens (tertiary/aromatic N) is 3. The van der Waals surface area contributed by atoms with Gasteiger partial charge in [-0.15, -0.1) is 0 Å². The van der Waals surface area contributed by atoms with Crippen LogP contribution < -0.4 is 0 Å². The van der Waals surface area contributed by atoms with Crippen LogP contribution in [0.25, 0.3) is 0 Å². The Morgan fingerprint density at radius 1 is 1.67 bits per heavy atom. The van der Waals surface area contributed by atoms with Crippen molar-refractivity contribution >= 4 is 0 Å². The number of aromatic nitrogens is 2. The van der Waals surface area contributed by atoms with Crippen LogP contribution in [0.2, 0.25) is 0 Å². The molecule has 0 radical (unpaired) electrons. The van der Waals surface area contributed by atoms with Gasteiger partial charge in [-0.25, -0.2) is 4.39 Å². The molecular weight excluding hydrogens is 197 g/mol. The molecule has 4 nitrogen and oxygen atoms in total. The van der Waals surface area contributed by atoms with E-state index in [1.807, 2.05) is 25.2 Å². The van der Waals surface area contributed by atoms with Gasteiger partial charge in [0.15, 0.2) is 0 Å². The molecule has 1 aromatic rings. The maximum Gasteiger partial charge on any atom is 0.141 e. The second-order valence-corrected chi connectivity index (χ2v) is 4.06. The molecule has 0 saturated carbocycles. The van der Waals surface area contributed by atoms with E-state index >= 15 is 0 Å². The first-order chi connectivity index (χ1) is 7.16. The first-order valence-electron chi connectivity index (χ1n) is 5.06. The van der Waals surface area contributed by atoms with Gasteiger partial charge in [-0.3, -0.25) is 9.58 Å². The summed E-state index contributed by atoms with van der Waals surface area (Å²) < 4.78 is 20.2. The van der Waals surface area contributed by atoms with Gasteiger partial charge in [0.2, 0.25) is 0 Å². The van der Waals surface area contributed by atoms with Gasteiger partial charge in [0.1, 0.15) is 6.17 Å². The standard InChI is InChI=1S/C10H16FN3O/c1-13(10-7-15-6-9(10)11)4-8-3-12-14(2)5-8/h3,5,9-10H,4,6-7H2,1-2H3/t9-,10-/m1/s1. The first-order valence-corrected chi connectivity index (χ1v) is 5.06. The van der Waals surface area contributed by atoms with Crippen LogP contribution in [0.15, 0.2) is 12.4 Å². The van der Waals surface area contributed by atoms with Gasteiger partial charge in [-0.2, -0.15) is 5.10 Å². The average molecular weight is 213 g/mol. The fraction of sp³-hybridized carbons (Fsp3) is 0.700. The van der Waals surface area contributed by atoms with E-state index in [0.29, 0.717) is 13.2 Å². The van der Waals surface area contributed by atoms with Crippen LogP contribution in [-0.4, -0.2) is 47.2 Å². The molecule has 2 atom stereocenters. The van der Waals surface area contributed by atoms with Crippen LogP contribution in [0.4, 0.5) is 4.39 Å². The Morgan fingerprint density at radius 3 is 3.00 bits per heavy atom. The average Bonchev–Trinajstić information content (AvgIpc) is 2.75. The zero-order valence-electron chi connectivity index (χ0n) is 9.06. The third kappa shape index (κ3) is 2.35. The van der Waals surface area contributed by atoms with Gasteiger partial charge in [0.05, 0.1) is 25.5 Å². The van der Waals surface area contributed by atoms with E-state index < -0.39 is 6.17 Å². The minimum Gasteiger partial charge on any atom is -0.377 e. The molecule has 2 heterocycles. The van der Waals surface area contributed by atoms with Crippen molar-refractivity contribution in [3.63, 3.8) is 0 Å². The fourth-order valence-corrected chi connectivity index (χ4v) is 1.88. The predicted molar refractivity (Wildman–Crippen MR) is 54.2 cm³/mol. The van der Waals surface area contributed by atoms with Gasteiger partial charge < -0.3 is 4.74 Å². The molecule has 0 amide bonds. The number of hydrogen-bond donors (Lipinski definition) is 0. The molecule has 1 aliphatic heterocycles. The normalized spacial score (nSPS) is 26.4. The summed E-state index contributed by atoms with van der Waals surface area (Å²) in [6.07, 6.45) is 2.88. The Kier molecular flexibility index (Phi) is 3.02. The van der Waals surface area contributed by atoms with Crippen LogP contribution >= 0.6 is 0 Å². The summed E-state index contributed by atoms with van der Waals surface area (Å²) in [7, 11) is 3.79. The van der Waals surface area contributed by atoms with Crippen molar-refractivity contribution in [3.8, 4) is 0 Å². The number of alkyl halides is 1. The lowest BCUT2D eigenvalue weighted by molar-refractivity contribution is 0.154. The van der Waals surface area contributed by atoms with Crippen LogP contribution in [-0.2, 0) is 18.3 Å². The summed E-state index contributed by atoms with van der Waals surface area (Å²) in [5.74, 6) is 0. The number of aryl methyl sites for hydroxylation is 1. The van der Waals surface area contributed by atoms with E-state index in [1.165, 1.54) is 0 Å². The Morgan fingerprint density at radius 2 is 2.47 bits per heavy atom. The van der Waals surface area contributed by atoms with E-state index in [4.69, 9.17) is 4.74 Å². The second-order valence-electron chi connectivity index (χ2n) is 4.06. The van der Waals surface area contributed by atoms with Gasteiger partial charge in [0, 0.05) is 25.4 Å². The molecular formula is C10H16FN3O. The van der Waals surface area contributed by atoms with Crippen LogP contribution in [0.1, 0.15) is 5.56 Å². The molecule has 15 heavy (non-hydrogen) atoms. The van der Waals surface area contributed by atoms with Crippen LogP contribution in [0, 0.1) is 0 Å². The van der Waals surface area contributed by atoms with E-state index in [2.05, 4.69) is 5.10 Å². The second kappa shape index (κ2) is 4.28. The lowest BCUT2D eigenvalue weighted by Gasteiger charge is -2.23. The molecule has 0 unspecified atom stereocenters. The fourth-order valence-electron chi connectivity index (χ4n) is 1.88. The van der Waals surface area contributed by atoms with Crippen LogP contribution in [0.5, 0.6) is 0 Å². The minimum absolute atomic E-state index is 0.120. The third-order valence-corrected chi connectivity index (χ3v) is 2.74. The topological polar surface area (TPSA) is 30.3 Å². The zero-order chi connectivity index (χ0) is 10.8. The number of hydrogen-bond acceptors (Lipinski definition) is 3. The molecule has 0 aromatic carbocycles. The number of likely N-dealkylation sites (N-methyl/N-ethyl adjacent to an activating group) is 1. The summed E-state index contributed by atoms with van der Waals surface area (Å²) >= 11 is 0. The van der Waals surface area contributed by atoms with Gasteiger partial charge in [0.25, 0.3) is 0 Å². The van der Waals surface area contributed by atoms with Crippen molar-refractivity contribution in [2.45, 2.75) is 18.8 Å². The maximum absolute atomic E-state index is 13.4. The Balaban J connectivity index is 1.94. The predicted octanol–water partition coefficient (Wildman–Crippen LogP) is 0.589. The summed E-state index contributed by atoms with van der Waals surface area (Å²) in [4.78, 5) is 1.98. The molecule has 0 spiro atoms. The molecule has 2 rings (SSSR count). The summed E-state index contributed by atoms with van der Waals surface area (Å²) in [6, 6.07) is -0.120. The Labute approximate surface area is 88.6 Å². The molecule has 0 N–H and O–H groups in total. The number of ether oxygens (including phenoxy) is 1. The summed E-state index contributed by atoms with van der Waals surface area (Å²) in [5, 5.41) is 4.08. The number of rotatable bonds is 3. The van der Waals surface area contributed by atoms with E-state index in [9.17, 15) is 4.39 Å². The molecule has 0 bridgehead atoms. The smallest absolute Gasteiger partial charge is 0.141 e. The van der Waals surface area contributed by atoms with Gasteiger partial charge in [-0.05, 0) is 7.05 Å². The lowest BCUT2D eigenvalue weighted by Crippen LogP contribution is -2.37. The quantitative estimate of drug-likeness (QED) is 0.736. The highest BCUT2D eigenvalue weighted by Crippen LogP contribution is 2.16. The molecule has 84 valence electrons. The van der Waals surface area contributed by atoms with E-state index in [1.54, 1.807) is 10.9 Å². The lowest BCUT2D eigenvalue weighted by atomic mass is 10.2. The largest absolute Gasteiger partial charge is 0.377 e. The highest BCUT2D eigenvalue weighted by atomic mass is 19.1. The zero-order valence-corrected chi connectivity index (χ0v) is 9.06. The van der Waals surface area contributed by atoms with Gasteiger partial charge >= 0.3 is 0 Å². The van der Waals surface area contributed by atoms with Crippen LogP contribution in [0.3, 0.4) is 0 Å². The highest BCUT2D eigenvalue weighted by molar-refractivity contribution is 5.04. The monoisotopic (exact) mass is 213 g/mol. The molecule has 1 fully saturated rings. The molecule has 1 aromatic heterocycles. The van der Waals surface area contributed by atoms with Crippen molar-refractivity contribution in [2.24, 2.45) is 7.05 Å². The summed E-state index contributed by atoms with van der Waals surface area (Å²) in [6.45, 7) is 1.42. The molecule has 5 heteroatoms. The van der Waals surface area contributed by atoms with E-state index in [-0.39, 0.29) is 12.6 Å². The van der Waals surface area contributed by atoms with Gasteiger partial charge in [-0.1, -0.05) is 0 Å². The molecule has 1 aliphatic rings. The molecule has 1 saturated heterocycles. The Hall–Kier alpha value is -0.940. The van der Waals surface area contributed by atoms with E-state index in [0.717, 1.165) is 5.56 Å². The Bertz CT molecular complexity index is 328. The van der Waals surface area contributed by atoms with Crippen molar-refractivity contribution in [1.82, 2.24) is 14.7 Å². The summed E-state index contributed by atoms with van der Waals surface area (Å²) in [5.41, 5.74) is 1.10. The van der Waals surface area contributed by atoms with Crippen molar-refractivity contribution in [2.75, 3.05) is 20.3 Å². The van der Waals surface area contributed by atoms with Crippen molar-refractivity contribution < 1.29 is 9.13 Å². The minimum atomic E-state index is -0.869. The van der Waals surface area contributed by atoms with Crippen molar-refractivity contribution in [1.29, 1.82) is 0 Å². The SMILES string of the molecule is CN(Cc1cnn(C)c1)[C@@H]1COC[C@H]1F.